The van der Waals surface area contributed by atoms with E-state index in [1.807, 2.05) is 12.1 Å². The molecule has 1 aromatic carbocycles. The van der Waals surface area contributed by atoms with Gasteiger partial charge in [0.05, 0.1) is 11.1 Å². The van der Waals surface area contributed by atoms with Gasteiger partial charge in [0.25, 0.3) is 0 Å². The fraction of sp³-hybridized carbons (Fsp3) is 0.474. The van der Waals surface area contributed by atoms with Crippen LogP contribution in [-0.4, -0.2) is 41.6 Å². The molecule has 2 aliphatic heterocycles. The number of pyridine rings is 1. The average molecular weight is 306 g/mol. The zero-order chi connectivity index (χ0) is 16.0. The zero-order valence-electron chi connectivity index (χ0n) is 13.7. The summed E-state index contributed by atoms with van der Waals surface area (Å²) in [6, 6.07) is 11.6. The molecule has 0 N–H and O–H groups in total. The van der Waals surface area contributed by atoms with E-state index >= 15 is 0 Å². The van der Waals surface area contributed by atoms with Gasteiger partial charge in [-0.05, 0) is 43.5 Å². The number of rotatable bonds is 1. The van der Waals surface area contributed by atoms with Crippen LogP contribution >= 0.6 is 0 Å². The molecular formula is C19H22N4. The Bertz CT molecular complexity index is 779. The normalized spacial score (nSPS) is 27.9. The average Bonchev–Trinajstić information content (AvgIpc) is 2.94. The van der Waals surface area contributed by atoms with E-state index in [0.717, 1.165) is 29.9 Å². The van der Waals surface area contributed by atoms with Crippen molar-refractivity contribution >= 4 is 16.6 Å². The SMILES string of the molecule is CC1C[C@H]2CN(c3ccc(C#N)c4ncccc34)C[C@@H](C)N2C1. The quantitative estimate of drug-likeness (QED) is 0.812. The Morgan fingerprint density at radius 1 is 1.17 bits per heavy atom. The van der Waals surface area contributed by atoms with Gasteiger partial charge in [0.2, 0.25) is 0 Å². The minimum atomic E-state index is 0.570. The maximum atomic E-state index is 9.32. The van der Waals surface area contributed by atoms with Crippen LogP contribution in [0.1, 0.15) is 25.8 Å². The molecule has 0 bridgehead atoms. The third kappa shape index (κ3) is 2.36. The van der Waals surface area contributed by atoms with Crippen LogP contribution in [0.3, 0.4) is 0 Å². The molecule has 0 aliphatic carbocycles. The minimum absolute atomic E-state index is 0.570. The Labute approximate surface area is 137 Å². The Balaban J connectivity index is 1.74. The minimum Gasteiger partial charge on any atom is -0.368 e. The summed E-state index contributed by atoms with van der Waals surface area (Å²) in [7, 11) is 0. The lowest BCUT2D eigenvalue weighted by Gasteiger charge is -2.43. The molecule has 2 saturated heterocycles. The Morgan fingerprint density at radius 3 is 2.87 bits per heavy atom. The van der Waals surface area contributed by atoms with E-state index in [4.69, 9.17) is 0 Å². The number of piperazine rings is 1. The van der Waals surface area contributed by atoms with Gasteiger partial charge in [-0.15, -0.1) is 0 Å². The van der Waals surface area contributed by atoms with Crippen LogP contribution < -0.4 is 4.90 Å². The van der Waals surface area contributed by atoms with Gasteiger partial charge < -0.3 is 4.90 Å². The van der Waals surface area contributed by atoms with Crippen molar-refractivity contribution in [1.82, 2.24) is 9.88 Å². The molecule has 3 atom stereocenters. The lowest BCUT2D eigenvalue weighted by molar-refractivity contribution is 0.164. The van der Waals surface area contributed by atoms with Crippen molar-refractivity contribution in [2.75, 3.05) is 24.5 Å². The maximum Gasteiger partial charge on any atom is 0.101 e. The van der Waals surface area contributed by atoms with Gasteiger partial charge in [0, 0.05) is 49.0 Å². The summed E-state index contributed by atoms with van der Waals surface area (Å²) in [5, 5.41) is 10.4. The molecule has 23 heavy (non-hydrogen) atoms. The third-order valence-corrected chi connectivity index (χ3v) is 5.36. The summed E-state index contributed by atoms with van der Waals surface area (Å²) in [5.41, 5.74) is 2.70. The van der Waals surface area contributed by atoms with Crippen LogP contribution in [0.5, 0.6) is 0 Å². The highest BCUT2D eigenvalue weighted by atomic mass is 15.3. The molecule has 0 spiro atoms. The molecule has 118 valence electrons. The Hall–Kier alpha value is -2.12. The predicted octanol–water partition coefficient (Wildman–Crippen LogP) is 3.03. The topological polar surface area (TPSA) is 43.2 Å². The van der Waals surface area contributed by atoms with Gasteiger partial charge in [-0.25, -0.2) is 0 Å². The second-order valence-electron chi connectivity index (χ2n) is 7.09. The first kappa shape index (κ1) is 14.5. The lowest BCUT2D eigenvalue weighted by atomic mass is 10.0. The molecule has 3 heterocycles. The van der Waals surface area contributed by atoms with Gasteiger partial charge in [-0.1, -0.05) is 6.92 Å². The predicted molar refractivity (Wildman–Crippen MR) is 92.4 cm³/mol. The molecule has 4 nitrogen and oxygen atoms in total. The molecule has 0 saturated carbocycles. The van der Waals surface area contributed by atoms with Crippen molar-refractivity contribution in [2.24, 2.45) is 5.92 Å². The number of hydrogen-bond acceptors (Lipinski definition) is 4. The van der Waals surface area contributed by atoms with Gasteiger partial charge in [-0.2, -0.15) is 5.26 Å². The van der Waals surface area contributed by atoms with Crippen LogP contribution in [0.4, 0.5) is 5.69 Å². The second kappa shape index (κ2) is 5.50. The number of nitrogens with zero attached hydrogens (tertiary/aromatic N) is 4. The van der Waals surface area contributed by atoms with Crippen LogP contribution in [0.25, 0.3) is 10.9 Å². The van der Waals surface area contributed by atoms with Crippen molar-refractivity contribution in [1.29, 1.82) is 5.26 Å². The second-order valence-corrected chi connectivity index (χ2v) is 7.09. The van der Waals surface area contributed by atoms with E-state index in [1.165, 1.54) is 18.7 Å². The number of hydrogen-bond donors (Lipinski definition) is 0. The van der Waals surface area contributed by atoms with Gasteiger partial charge in [0.1, 0.15) is 6.07 Å². The number of fused-ring (bicyclic) bond motifs is 2. The Kier molecular flexibility index (Phi) is 3.46. The first-order valence-electron chi connectivity index (χ1n) is 8.46. The molecule has 1 unspecified atom stereocenters. The molecule has 4 rings (SSSR count). The first-order valence-corrected chi connectivity index (χ1v) is 8.46. The summed E-state index contributed by atoms with van der Waals surface area (Å²) in [5.74, 6) is 0.793. The fourth-order valence-corrected chi connectivity index (χ4v) is 4.38. The standard InChI is InChI=1S/C19H22N4/c1-13-8-16-12-22(11-14(2)23(16)10-13)18-6-5-15(9-20)19-17(18)4-3-7-21-19/h3-7,13-14,16H,8,10-12H2,1-2H3/t13?,14-,16+/m1/s1. The van der Waals surface area contributed by atoms with E-state index in [9.17, 15) is 5.26 Å². The van der Waals surface area contributed by atoms with Gasteiger partial charge in [-0.3, -0.25) is 9.88 Å². The van der Waals surface area contributed by atoms with Crippen molar-refractivity contribution in [3.05, 3.63) is 36.0 Å². The summed E-state index contributed by atoms with van der Waals surface area (Å²) in [4.78, 5) is 9.61. The smallest absolute Gasteiger partial charge is 0.101 e. The highest BCUT2D eigenvalue weighted by molar-refractivity contribution is 5.95. The maximum absolute atomic E-state index is 9.32. The largest absolute Gasteiger partial charge is 0.368 e. The van der Waals surface area contributed by atoms with E-state index in [1.54, 1.807) is 6.20 Å². The molecule has 2 fully saturated rings. The Morgan fingerprint density at radius 2 is 2.04 bits per heavy atom. The monoisotopic (exact) mass is 306 g/mol. The van der Waals surface area contributed by atoms with Crippen LogP contribution in [-0.2, 0) is 0 Å². The lowest BCUT2D eigenvalue weighted by Crippen LogP contribution is -2.55. The number of anilines is 1. The summed E-state index contributed by atoms with van der Waals surface area (Å²) in [6.45, 7) is 8.04. The van der Waals surface area contributed by atoms with Crippen molar-refractivity contribution in [2.45, 2.75) is 32.4 Å². The van der Waals surface area contributed by atoms with Crippen molar-refractivity contribution in [3.63, 3.8) is 0 Å². The van der Waals surface area contributed by atoms with E-state index in [-0.39, 0.29) is 0 Å². The number of nitriles is 1. The van der Waals surface area contributed by atoms with E-state index < -0.39 is 0 Å². The molecule has 2 aromatic rings. The summed E-state index contributed by atoms with van der Waals surface area (Å²) < 4.78 is 0. The van der Waals surface area contributed by atoms with Crippen molar-refractivity contribution in [3.8, 4) is 6.07 Å². The van der Waals surface area contributed by atoms with Crippen LogP contribution in [0.15, 0.2) is 30.5 Å². The molecule has 4 heteroatoms. The highest BCUT2D eigenvalue weighted by Gasteiger charge is 2.38. The van der Waals surface area contributed by atoms with Crippen LogP contribution in [0, 0.1) is 17.2 Å². The molecular weight excluding hydrogens is 284 g/mol. The summed E-state index contributed by atoms with van der Waals surface area (Å²) in [6.07, 6.45) is 3.06. The summed E-state index contributed by atoms with van der Waals surface area (Å²) >= 11 is 0. The first-order chi connectivity index (χ1) is 11.2. The van der Waals surface area contributed by atoms with Gasteiger partial charge >= 0.3 is 0 Å². The van der Waals surface area contributed by atoms with E-state index in [0.29, 0.717) is 17.6 Å². The van der Waals surface area contributed by atoms with E-state index in [2.05, 4.69) is 46.8 Å². The van der Waals surface area contributed by atoms with Gasteiger partial charge in [0.15, 0.2) is 0 Å². The molecule has 1 aromatic heterocycles. The number of aromatic nitrogens is 1. The fourth-order valence-electron chi connectivity index (χ4n) is 4.38. The zero-order valence-corrected chi connectivity index (χ0v) is 13.7. The number of benzene rings is 1. The molecule has 0 radical (unpaired) electrons. The third-order valence-electron chi connectivity index (χ3n) is 5.36. The highest BCUT2D eigenvalue weighted by Crippen LogP contribution is 2.34. The molecule has 0 amide bonds. The molecule has 2 aliphatic rings. The van der Waals surface area contributed by atoms with Crippen LogP contribution in [0.2, 0.25) is 0 Å². The van der Waals surface area contributed by atoms with Crippen molar-refractivity contribution < 1.29 is 0 Å².